The Balaban J connectivity index is 1.54. The van der Waals surface area contributed by atoms with Crippen LogP contribution in [0.25, 0.3) is 6.08 Å². The fourth-order valence-corrected chi connectivity index (χ4v) is 6.54. The highest BCUT2D eigenvalue weighted by atomic mass is 127. The fraction of sp³-hybridized carbons (Fsp3) is 0.115. The van der Waals surface area contributed by atoms with Crippen molar-refractivity contribution in [2.24, 2.45) is 4.99 Å². The summed E-state index contributed by atoms with van der Waals surface area (Å²) in [5.41, 5.74) is 2.47. The summed E-state index contributed by atoms with van der Waals surface area (Å²) in [6, 6.07) is 16.3. The monoisotopic (exact) mass is 728 g/mol. The van der Waals surface area contributed by atoms with Gasteiger partial charge in [0.1, 0.15) is 18.2 Å². The van der Waals surface area contributed by atoms with Gasteiger partial charge >= 0.3 is 5.97 Å². The molecule has 0 unspecified atom stereocenters. The van der Waals surface area contributed by atoms with Crippen LogP contribution in [0.1, 0.15) is 28.4 Å². The van der Waals surface area contributed by atoms with Gasteiger partial charge in [-0.05, 0) is 130 Å². The lowest BCUT2D eigenvalue weighted by Gasteiger charge is -2.12. The lowest BCUT2D eigenvalue weighted by Crippen LogP contribution is -2.28. The Labute approximate surface area is 238 Å². The molecule has 1 aliphatic rings. The summed E-state index contributed by atoms with van der Waals surface area (Å²) in [5, 5.41) is 9.62. The second kappa shape index (κ2) is 11.7. The number of carboxylic acid groups (broad SMARTS) is 1. The third-order valence-electron chi connectivity index (χ3n) is 5.16. The Bertz CT molecular complexity index is 1350. The van der Waals surface area contributed by atoms with Crippen molar-refractivity contribution in [1.82, 2.24) is 4.90 Å². The van der Waals surface area contributed by atoms with Crippen LogP contribution >= 0.6 is 56.9 Å². The van der Waals surface area contributed by atoms with Crippen LogP contribution in [-0.2, 0) is 11.4 Å². The van der Waals surface area contributed by atoms with E-state index >= 15 is 0 Å². The molecule has 0 spiro atoms. The molecule has 0 aliphatic carbocycles. The number of ether oxygens (including phenoxy) is 1. The summed E-state index contributed by atoms with van der Waals surface area (Å²) in [7, 11) is 0. The number of benzene rings is 3. The van der Waals surface area contributed by atoms with E-state index in [9.17, 15) is 14.0 Å². The van der Waals surface area contributed by atoms with Crippen molar-refractivity contribution in [2.45, 2.75) is 13.5 Å². The summed E-state index contributed by atoms with van der Waals surface area (Å²) in [4.78, 5) is 30.8. The molecule has 1 N–H and O–H groups in total. The maximum absolute atomic E-state index is 13.1. The molecule has 1 fully saturated rings. The van der Waals surface area contributed by atoms with Gasteiger partial charge in [0, 0.05) is 6.54 Å². The van der Waals surface area contributed by atoms with E-state index in [1.54, 1.807) is 29.2 Å². The third-order valence-corrected chi connectivity index (χ3v) is 7.77. The zero-order valence-corrected chi connectivity index (χ0v) is 24.0. The Hall–Kier alpha value is -2.45. The minimum atomic E-state index is -1.00. The number of carbonyl (C=O) groups excluding carboxylic acids is 1. The molecule has 1 saturated heterocycles. The van der Waals surface area contributed by atoms with Crippen molar-refractivity contribution < 1.29 is 23.8 Å². The number of rotatable bonds is 7. The van der Waals surface area contributed by atoms with Gasteiger partial charge in [-0.1, -0.05) is 12.1 Å². The Morgan fingerprint density at radius 2 is 1.75 bits per heavy atom. The van der Waals surface area contributed by atoms with Crippen LogP contribution in [-0.4, -0.2) is 33.6 Å². The van der Waals surface area contributed by atoms with Gasteiger partial charge in [-0.25, -0.2) is 14.2 Å². The van der Waals surface area contributed by atoms with Gasteiger partial charge < -0.3 is 9.84 Å². The van der Waals surface area contributed by atoms with E-state index in [2.05, 4.69) is 50.2 Å². The normalized spacial score (nSPS) is 15.7. The van der Waals surface area contributed by atoms with Gasteiger partial charge in [0.25, 0.3) is 5.91 Å². The van der Waals surface area contributed by atoms with Crippen molar-refractivity contribution >= 4 is 85.8 Å². The number of aromatic carboxylic acids is 1. The molecule has 36 heavy (non-hydrogen) atoms. The molecule has 1 heterocycles. The van der Waals surface area contributed by atoms with Gasteiger partial charge in [0.2, 0.25) is 0 Å². The van der Waals surface area contributed by atoms with Crippen molar-refractivity contribution in [3.8, 4) is 5.75 Å². The van der Waals surface area contributed by atoms with Crippen LogP contribution in [0, 0.1) is 13.0 Å². The molecule has 1 aliphatic heterocycles. The highest BCUT2D eigenvalue weighted by Gasteiger charge is 2.32. The van der Waals surface area contributed by atoms with E-state index in [-0.39, 0.29) is 17.3 Å². The van der Waals surface area contributed by atoms with E-state index in [1.807, 2.05) is 25.1 Å². The standard InChI is InChI=1S/C26H19FI2N2O4S/c1-2-31-24(32)22(36-26(31)30-19-9-5-17(6-10-19)25(33)34)13-16-11-20(28)23(21(29)12-16)35-14-15-3-7-18(27)8-4-15/h3-13H,2,14H2,1H3,(H,33,34). The summed E-state index contributed by atoms with van der Waals surface area (Å²) in [6.07, 6.45) is 1.83. The average Bonchev–Trinajstić information content (AvgIpc) is 3.13. The number of likely N-dealkylation sites (N-methyl/N-ethyl adjacent to an activating group) is 1. The third kappa shape index (κ3) is 6.27. The Morgan fingerprint density at radius 1 is 1.11 bits per heavy atom. The second-order valence-corrected chi connectivity index (χ2v) is 11.0. The zero-order chi connectivity index (χ0) is 25.8. The minimum absolute atomic E-state index is 0.134. The predicted molar refractivity (Wildman–Crippen MR) is 156 cm³/mol. The van der Waals surface area contributed by atoms with Gasteiger partial charge in [0.05, 0.1) is 23.3 Å². The highest BCUT2D eigenvalue weighted by molar-refractivity contribution is 14.1. The lowest BCUT2D eigenvalue weighted by atomic mass is 10.2. The first kappa shape index (κ1) is 26.6. The maximum Gasteiger partial charge on any atom is 0.335 e. The molecule has 184 valence electrons. The molecule has 0 atom stereocenters. The molecule has 3 aromatic rings. The average molecular weight is 728 g/mol. The van der Waals surface area contributed by atoms with E-state index in [1.165, 1.54) is 36.0 Å². The van der Waals surface area contributed by atoms with Crippen LogP contribution in [0.3, 0.4) is 0 Å². The lowest BCUT2D eigenvalue weighted by molar-refractivity contribution is -0.122. The molecular weight excluding hydrogens is 709 g/mol. The van der Waals surface area contributed by atoms with Crippen molar-refractivity contribution in [2.75, 3.05) is 6.54 Å². The van der Waals surface area contributed by atoms with Crippen molar-refractivity contribution in [1.29, 1.82) is 0 Å². The number of hydrogen-bond donors (Lipinski definition) is 1. The molecule has 0 saturated carbocycles. The topological polar surface area (TPSA) is 79.2 Å². The van der Waals surface area contributed by atoms with E-state index < -0.39 is 5.97 Å². The van der Waals surface area contributed by atoms with Crippen LogP contribution < -0.4 is 4.74 Å². The van der Waals surface area contributed by atoms with E-state index in [4.69, 9.17) is 9.84 Å². The second-order valence-electron chi connectivity index (χ2n) is 7.64. The summed E-state index contributed by atoms with van der Waals surface area (Å²) in [5.74, 6) is -0.692. The summed E-state index contributed by atoms with van der Waals surface area (Å²) < 4.78 is 20.9. The number of aliphatic imine (C=N–C) groups is 1. The smallest absolute Gasteiger partial charge is 0.335 e. The van der Waals surface area contributed by atoms with Crippen LogP contribution in [0.5, 0.6) is 5.75 Å². The SMILES string of the molecule is CCN1C(=O)C(=Cc2cc(I)c(OCc3ccc(F)cc3)c(I)c2)SC1=Nc1ccc(C(=O)O)cc1. The number of carboxylic acids is 1. The molecule has 4 rings (SSSR count). The van der Waals surface area contributed by atoms with Crippen molar-refractivity contribution in [3.05, 3.63) is 95.2 Å². The van der Waals surface area contributed by atoms with E-state index in [0.717, 1.165) is 24.0 Å². The largest absolute Gasteiger partial charge is 0.487 e. The molecule has 0 bridgehead atoms. The molecule has 0 radical (unpaired) electrons. The Morgan fingerprint density at radius 3 is 2.33 bits per heavy atom. The van der Waals surface area contributed by atoms with Crippen molar-refractivity contribution in [3.63, 3.8) is 0 Å². The fourth-order valence-electron chi connectivity index (χ4n) is 3.35. The maximum atomic E-state index is 13.1. The predicted octanol–water partition coefficient (Wildman–Crippen LogP) is 6.94. The van der Waals surface area contributed by atoms with Gasteiger partial charge in [-0.3, -0.25) is 9.69 Å². The first-order valence-corrected chi connectivity index (χ1v) is 13.7. The molecule has 10 heteroatoms. The first-order chi connectivity index (χ1) is 17.2. The number of hydrogen-bond acceptors (Lipinski definition) is 5. The van der Waals surface area contributed by atoms with Gasteiger partial charge in [-0.2, -0.15) is 0 Å². The van der Waals surface area contributed by atoms with Gasteiger partial charge in [-0.15, -0.1) is 0 Å². The first-order valence-electron chi connectivity index (χ1n) is 10.7. The molecule has 6 nitrogen and oxygen atoms in total. The quantitative estimate of drug-likeness (QED) is 0.211. The number of carbonyl (C=O) groups is 2. The Kier molecular flexibility index (Phi) is 8.67. The van der Waals surface area contributed by atoms with Crippen LogP contribution in [0.2, 0.25) is 0 Å². The molecule has 3 aromatic carbocycles. The highest BCUT2D eigenvalue weighted by Crippen LogP contribution is 2.36. The minimum Gasteiger partial charge on any atom is -0.487 e. The number of amides is 1. The van der Waals surface area contributed by atoms with Gasteiger partial charge in [0.15, 0.2) is 5.17 Å². The molecule has 0 aromatic heterocycles. The number of thioether (sulfide) groups is 1. The molecular formula is C26H19FI2N2O4S. The number of halogens is 3. The van der Waals surface area contributed by atoms with Crippen LogP contribution in [0.4, 0.5) is 10.1 Å². The zero-order valence-electron chi connectivity index (χ0n) is 18.9. The number of amidine groups is 1. The molecule has 1 amide bonds. The summed E-state index contributed by atoms with van der Waals surface area (Å²) in [6.45, 7) is 2.66. The van der Waals surface area contributed by atoms with E-state index in [0.29, 0.717) is 28.9 Å². The summed E-state index contributed by atoms with van der Waals surface area (Å²) >= 11 is 5.69. The van der Waals surface area contributed by atoms with Crippen LogP contribution in [0.15, 0.2) is 70.6 Å². The number of nitrogens with zero attached hydrogens (tertiary/aromatic N) is 2.